The molecular weight excluding hydrogens is 346 g/mol. The van der Waals surface area contributed by atoms with E-state index < -0.39 is 5.54 Å². The SMILES string of the molecule is CC(=O)NC1(c2noc(CCC(=O)NC3CCCNC3)n2)CCCCCC1. The van der Waals surface area contributed by atoms with Gasteiger partial charge in [0.1, 0.15) is 5.54 Å². The molecule has 0 bridgehead atoms. The predicted molar refractivity (Wildman–Crippen MR) is 99.9 cm³/mol. The van der Waals surface area contributed by atoms with Crippen LogP contribution >= 0.6 is 0 Å². The smallest absolute Gasteiger partial charge is 0.227 e. The molecule has 1 unspecified atom stereocenters. The third kappa shape index (κ3) is 5.51. The number of hydrogen-bond acceptors (Lipinski definition) is 6. The standard InChI is InChI=1S/C19H31N5O3/c1-14(25)23-19(10-4-2-3-5-11-19)18-22-17(27-24-18)9-8-16(26)21-15-7-6-12-20-13-15/h15,20H,2-13H2,1H3,(H,21,26)(H,23,25). The first-order valence-corrected chi connectivity index (χ1v) is 10.2. The molecule has 1 saturated heterocycles. The maximum absolute atomic E-state index is 12.2. The number of carbonyl (C=O) groups is 2. The lowest BCUT2D eigenvalue weighted by Gasteiger charge is -2.30. The summed E-state index contributed by atoms with van der Waals surface area (Å²) in [5.74, 6) is 0.931. The van der Waals surface area contributed by atoms with Crippen molar-refractivity contribution in [2.24, 2.45) is 0 Å². The zero-order valence-electron chi connectivity index (χ0n) is 16.2. The van der Waals surface area contributed by atoms with E-state index in [0.717, 1.165) is 64.5 Å². The van der Waals surface area contributed by atoms with E-state index in [-0.39, 0.29) is 17.9 Å². The molecule has 0 aromatic carbocycles. The van der Waals surface area contributed by atoms with Crippen LogP contribution in [-0.4, -0.2) is 41.1 Å². The van der Waals surface area contributed by atoms with Crippen molar-refractivity contribution in [1.82, 2.24) is 26.1 Å². The van der Waals surface area contributed by atoms with Crippen LogP contribution in [0.15, 0.2) is 4.52 Å². The number of hydrogen-bond donors (Lipinski definition) is 3. The minimum Gasteiger partial charge on any atom is -0.352 e. The van der Waals surface area contributed by atoms with E-state index in [0.29, 0.717) is 24.6 Å². The summed E-state index contributed by atoms with van der Waals surface area (Å²) in [6.07, 6.45) is 8.85. The number of piperidine rings is 1. The lowest BCUT2D eigenvalue weighted by molar-refractivity contribution is -0.122. The molecule has 0 radical (unpaired) electrons. The molecule has 8 nitrogen and oxygen atoms in total. The van der Waals surface area contributed by atoms with Crippen molar-refractivity contribution in [3.05, 3.63) is 11.7 Å². The zero-order chi connectivity index (χ0) is 19.1. The molecule has 3 rings (SSSR count). The normalized spacial score (nSPS) is 22.6. The number of nitrogens with one attached hydrogen (secondary N) is 3. The van der Waals surface area contributed by atoms with Crippen LogP contribution in [0.2, 0.25) is 0 Å². The largest absolute Gasteiger partial charge is 0.352 e. The summed E-state index contributed by atoms with van der Waals surface area (Å²) in [5, 5.41) is 13.6. The quantitative estimate of drug-likeness (QED) is 0.649. The first kappa shape index (κ1) is 19.8. The summed E-state index contributed by atoms with van der Waals surface area (Å²) in [4.78, 5) is 28.5. The second-order valence-corrected chi connectivity index (χ2v) is 7.80. The highest BCUT2D eigenvalue weighted by atomic mass is 16.5. The average molecular weight is 377 g/mol. The highest BCUT2D eigenvalue weighted by molar-refractivity contribution is 5.76. The molecular formula is C19H31N5O3. The summed E-state index contributed by atoms with van der Waals surface area (Å²) in [6.45, 7) is 3.38. The van der Waals surface area contributed by atoms with Gasteiger partial charge in [-0.2, -0.15) is 4.98 Å². The number of aromatic nitrogens is 2. The zero-order valence-corrected chi connectivity index (χ0v) is 16.2. The van der Waals surface area contributed by atoms with Crippen molar-refractivity contribution in [3.8, 4) is 0 Å². The Morgan fingerprint density at radius 1 is 1.22 bits per heavy atom. The fraction of sp³-hybridized carbons (Fsp3) is 0.789. The third-order valence-corrected chi connectivity index (χ3v) is 5.50. The van der Waals surface area contributed by atoms with Crippen molar-refractivity contribution in [3.63, 3.8) is 0 Å². The summed E-state index contributed by atoms with van der Waals surface area (Å²) < 4.78 is 5.40. The fourth-order valence-corrected chi connectivity index (χ4v) is 4.12. The highest BCUT2D eigenvalue weighted by Crippen LogP contribution is 2.34. The molecule has 1 saturated carbocycles. The van der Waals surface area contributed by atoms with E-state index >= 15 is 0 Å². The second-order valence-electron chi connectivity index (χ2n) is 7.80. The first-order chi connectivity index (χ1) is 13.1. The Morgan fingerprint density at radius 2 is 2.00 bits per heavy atom. The van der Waals surface area contributed by atoms with E-state index in [1.54, 1.807) is 0 Å². The molecule has 1 atom stereocenters. The van der Waals surface area contributed by atoms with Crippen LogP contribution in [0.5, 0.6) is 0 Å². The van der Waals surface area contributed by atoms with Gasteiger partial charge in [-0.1, -0.05) is 30.8 Å². The van der Waals surface area contributed by atoms with Gasteiger partial charge in [-0.3, -0.25) is 9.59 Å². The number of aryl methyl sites for hydroxylation is 1. The lowest BCUT2D eigenvalue weighted by Crippen LogP contribution is -2.45. The maximum atomic E-state index is 12.2. The van der Waals surface area contributed by atoms with E-state index in [9.17, 15) is 9.59 Å². The van der Waals surface area contributed by atoms with Gasteiger partial charge in [0, 0.05) is 32.4 Å². The van der Waals surface area contributed by atoms with Crippen LogP contribution in [0.4, 0.5) is 0 Å². The maximum Gasteiger partial charge on any atom is 0.227 e. The molecule has 2 aliphatic rings. The Kier molecular flexibility index (Phi) is 6.82. The van der Waals surface area contributed by atoms with Gasteiger partial charge >= 0.3 is 0 Å². The van der Waals surface area contributed by atoms with Crippen molar-refractivity contribution >= 4 is 11.8 Å². The van der Waals surface area contributed by atoms with Gasteiger partial charge in [0.05, 0.1) is 0 Å². The lowest BCUT2D eigenvalue weighted by atomic mass is 9.89. The highest BCUT2D eigenvalue weighted by Gasteiger charge is 2.38. The van der Waals surface area contributed by atoms with Crippen molar-refractivity contribution in [1.29, 1.82) is 0 Å². The Morgan fingerprint density at radius 3 is 2.67 bits per heavy atom. The van der Waals surface area contributed by atoms with Gasteiger partial charge in [0.25, 0.3) is 0 Å². The van der Waals surface area contributed by atoms with E-state index in [2.05, 4.69) is 26.1 Å². The molecule has 1 aliphatic carbocycles. The summed E-state index contributed by atoms with van der Waals surface area (Å²) >= 11 is 0. The molecule has 150 valence electrons. The summed E-state index contributed by atoms with van der Waals surface area (Å²) in [7, 11) is 0. The van der Waals surface area contributed by atoms with Crippen molar-refractivity contribution < 1.29 is 14.1 Å². The minimum absolute atomic E-state index is 0.00879. The van der Waals surface area contributed by atoms with Gasteiger partial charge in [0.2, 0.25) is 17.7 Å². The van der Waals surface area contributed by atoms with Crippen LogP contribution in [-0.2, 0) is 21.5 Å². The third-order valence-electron chi connectivity index (χ3n) is 5.50. The van der Waals surface area contributed by atoms with E-state index in [1.807, 2.05) is 0 Å². The van der Waals surface area contributed by atoms with Gasteiger partial charge in [-0.25, -0.2) is 0 Å². The Balaban J connectivity index is 1.58. The molecule has 1 aromatic heterocycles. The van der Waals surface area contributed by atoms with E-state index in [4.69, 9.17) is 4.52 Å². The van der Waals surface area contributed by atoms with Crippen LogP contribution in [0.1, 0.15) is 76.4 Å². The predicted octanol–water partition coefficient (Wildman–Crippen LogP) is 1.56. The number of rotatable bonds is 6. The molecule has 2 fully saturated rings. The molecule has 1 aromatic rings. The Labute approximate surface area is 160 Å². The average Bonchev–Trinajstić information content (AvgIpc) is 3.01. The van der Waals surface area contributed by atoms with Gasteiger partial charge in [0.15, 0.2) is 5.82 Å². The molecule has 3 N–H and O–H groups in total. The molecule has 27 heavy (non-hydrogen) atoms. The Bertz CT molecular complexity index is 631. The fourth-order valence-electron chi connectivity index (χ4n) is 4.12. The minimum atomic E-state index is -0.542. The number of carbonyl (C=O) groups excluding carboxylic acids is 2. The number of nitrogens with zero attached hydrogens (tertiary/aromatic N) is 2. The van der Waals surface area contributed by atoms with Gasteiger partial charge < -0.3 is 20.5 Å². The molecule has 8 heteroatoms. The number of amides is 2. The summed E-state index contributed by atoms with van der Waals surface area (Å²) in [5.41, 5.74) is -0.542. The van der Waals surface area contributed by atoms with Crippen LogP contribution in [0.3, 0.4) is 0 Å². The van der Waals surface area contributed by atoms with E-state index in [1.165, 1.54) is 6.92 Å². The van der Waals surface area contributed by atoms with Crippen molar-refractivity contribution in [2.75, 3.05) is 13.1 Å². The molecule has 2 amide bonds. The first-order valence-electron chi connectivity index (χ1n) is 10.2. The molecule has 1 aliphatic heterocycles. The van der Waals surface area contributed by atoms with Crippen LogP contribution in [0, 0.1) is 0 Å². The van der Waals surface area contributed by atoms with Crippen LogP contribution in [0.25, 0.3) is 0 Å². The van der Waals surface area contributed by atoms with Gasteiger partial charge in [-0.15, -0.1) is 0 Å². The topological polar surface area (TPSA) is 109 Å². The summed E-state index contributed by atoms with van der Waals surface area (Å²) in [6, 6.07) is 0.207. The van der Waals surface area contributed by atoms with Crippen LogP contribution < -0.4 is 16.0 Å². The van der Waals surface area contributed by atoms with Gasteiger partial charge in [-0.05, 0) is 32.2 Å². The molecule has 0 spiro atoms. The monoisotopic (exact) mass is 377 g/mol. The second kappa shape index (κ2) is 9.30. The van der Waals surface area contributed by atoms with Crippen molar-refractivity contribution in [2.45, 2.75) is 82.7 Å². The molecule has 2 heterocycles. The Hall–Kier alpha value is -1.96.